The molecule has 1 saturated heterocycles. The van der Waals surface area contributed by atoms with E-state index in [-0.39, 0.29) is 11.5 Å². The van der Waals surface area contributed by atoms with Gasteiger partial charge in [0.25, 0.3) is 0 Å². The van der Waals surface area contributed by atoms with Gasteiger partial charge in [-0.15, -0.1) is 0 Å². The van der Waals surface area contributed by atoms with Gasteiger partial charge in [0.15, 0.2) is 0 Å². The molecule has 0 aliphatic carbocycles. The van der Waals surface area contributed by atoms with Gasteiger partial charge in [-0.3, -0.25) is 0 Å². The standard InChI is InChI=1S/C25H32N2O3S/c1-24(2,3)30-23(28)26-15-8-16-27-17-13-25(14-18-27)19-9-4-6-11-21(19)31(29)22-12-7-5-10-20(22)25/h4-7,9-12H,8,13-18H2,1-3H3,(H,26,28). The molecule has 1 amide bonds. The highest BCUT2D eigenvalue weighted by atomic mass is 32.2. The number of rotatable bonds is 4. The third-order valence-electron chi connectivity index (χ3n) is 6.23. The molecule has 2 aromatic carbocycles. The lowest BCUT2D eigenvalue weighted by atomic mass is 9.67. The maximum atomic E-state index is 13.2. The fraction of sp³-hybridized carbons (Fsp3) is 0.480. The molecule has 1 N–H and O–H groups in total. The quantitative estimate of drug-likeness (QED) is 0.713. The van der Waals surface area contributed by atoms with Gasteiger partial charge in [0.05, 0.1) is 10.8 Å². The highest BCUT2D eigenvalue weighted by Gasteiger charge is 2.44. The van der Waals surface area contributed by atoms with E-state index in [4.69, 9.17) is 4.74 Å². The van der Waals surface area contributed by atoms with Gasteiger partial charge in [-0.1, -0.05) is 36.4 Å². The van der Waals surface area contributed by atoms with Crippen LogP contribution in [0, 0.1) is 0 Å². The Kier molecular flexibility index (Phi) is 6.22. The van der Waals surface area contributed by atoms with Gasteiger partial charge < -0.3 is 15.0 Å². The van der Waals surface area contributed by atoms with Crippen LogP contribution in [-0.4, -0.2) is 47.0 Å². The van der Waals surface area contributed by atoms with Crippen LogP contribution in [0.25, 0.3) is 0 Å². The first-order valence-electron chi connectivity index (χ1n) is 11.1. The van der Waals surface area contributed by atoms with E-state index in [2.05, 4.69) is 34.5 Å². The first-order chi connectivity index (χ1) is 14.8. The third kappa shape index (κ3) is 4.55. The van der Waals surface area contributed by atoms with Gasteiger partial charge >= 0.3 is 6.09 Å². The summed E-state index contributed by atoms with van der Waals surface area (Å²) in [7, 11) is -1.11. The van der Waals surface area contributed by atoms with E-state index in [0.717, 1.165) is 48.7 Å². The number of carbonyl (C=O) groups excluding carboxylic acids is 1. The molecular formula is C25H32N2O3S. The Bertz CT molecular complexity index is 923. The fourth-order valence-corrected chi connectivity index (χ4v) is 6.38. The highest BCUT2D eigenvalue weighted by molar-refractivity contribution is 7.85. The van der Waals surface area contributed by atoms with Gasteiger partial charge in [-0.2, -0.15) is 0 Å². The maximum absolute atomic E-state index is 13.2. The van der Waals surface area contributed by atoms with Gasteiger partial charge in [0.1, 0.15) is 5.60 Å². The molecule has 0 aromatic heterocycles. The molecule has 2 aliphatic rings. The predicted molar refractivity (Wildman–Crippen MR) is 123 cm³/mol. The van der Waals surface area contributed by atoms with Crippen molar-refractivity contribution in [1.29, 1.82) is 0 Å². The van der Waals surface area contributed by atoms with Crippen LogP contribution in [0.4, 0.5) is 4.79 Å². The van der Waals surface area contributed by atoms with Crippen LogP contribution >= 0.6 is 0 Å². The molecule has 0 radical (unpaired) electrons. The molecule has 2 heterocycles. The maximum Gasteiger partial charge on any atom is 0.407 e. The van der Waals surface area contributed by atoms with Crippen molar-refractivity contribution in [3.05, 3.63) is 59.7 Å². The highest BCUT2D eigenvalue weighted by Crippen LogP contribution is 2.49. The number of piperidine rings is 1. The van der Waals surface area contributed by atoms with Crippen LogP contribution in [0.15, 0.2) is 58.3 Å². The Morgan fingerprint density at radius 3 is 2.13 bits per heavy atom. The van der Waals surface area contributed by atoms with Gasteiger partial charge in [0, 0.05) is 21.8 Å². The molecule has 5 nitrogen and oxygen atoms in total. The smallest absolute Gasteiger partial charge is 0.407 e. The van der Waals surface area contributed by atoms with Crippen LogP contribution in [0.3, 0.4) is 0 Å². The third-order valence-corrected chi connectivity index (χ3v) is 7.74. The monoisotopic (exact) mass is 440 g/mol. The summed E-state index contributed by atoms with van der Waals surface area (Å²) in [6.07, 6.45) is 2.56. The van der Waals surface area contributed by atoms with Crippen molar-refractivity contribution < 1.29 is 13.7 Å². The first-order valence-corrected chi connectivity index (χ1v) is 12.3. The number of benzene rings is 2. The van der Waals surface area contributed by atoms with Gasteiger partial charge in [-0.25, -0.2) is 9.00 Å². The Morgan fingerprint density at radius 1 is 1.03 bits per heavy atom. The number of ether oxygens (including phenoxy) is 1. The molecule has 0 unspecified atom stereocenters. The minimum absolute atomic E-state index is 0.0631. The van der Waals surface area contributed by atoms with Gasteiger partial charge in [0.2, 0.25) is 0 Å². The minimum Gasteiger partial charge on any atom is -0.444 e. The van der Waals surface area contributed by atoms with E-state index in [9.17, 15) is 9.00 Å². The normalized spacial score (nSPS) is 18.3. The summed E-state index contributed by atoms with van der Waals surface area (Å²) in [6, 6.07) is 16.5. The first kappa shape index (κ1) is 22.0. The molecule has 0 atom stereocenters. The zero-order chi connectivity index (χ0) is 22.1. The minimum atomic E-state index is -1.11. The van der Waals surface area contributed by atoms with Crippen molar-refractivity contribution in [2.24, 2.45) is 0 Å². The summed E-state index contributed by atoms with van der Waals surface area (Å²) in [5.74, 6) is 0. The Balaban J connectivity index is 1.40. The van der Waals surface area contributed by atoms with E-state index < -0.39 is 16.4 Å². The van der Waals surface area contributed by atoms with E-state index in [0.29, 0.717) is 6.54 Å². The summed E-state index contributed by atoms with van der Waals surface area (Å²) in [4.78, 5) is 16.2. The Hall–Kier alpha value is -2.18. The molecule has 4 rings (SSSR count). The molecule has 6 heteroatoms. The van der Waals surface area contributed by atoms with Crippen molar-refractivity contribution in [2.75, 3.05) is 26.2 Å². The summed E-state index contributed by atoms with van der Waals surface area (Å²) in [6.45, 7) is 9.14. The van der Waals surface area contributed by atoms with Crippen molar-refractivity contribution in [3.63, 3.8) is 0 Å². The molecule has 2 aliphatic heterocycles. The van der Waals surface area contributed by atoms with Crippen LogP contribution in [-0.2, 0) is 21.0 Å². The number of fused-ring (bicyclic) bond motifs is 4. The van der Waals surface area contributed by atoms with E-state index in [1.165, 1.54) is 11.1 Å². The number of nitrogens with zero attached hydrogens (tertiary/aromatic N) is 1. The zero-order valence-electron chi connectivity index (χ0n) is 18.6. The van der Waals surface area contributed by atoms with Gasteiger partial charge in [-0.05, 0) is 82.9 Å². The SMILES string of the molecule is CC(C)(C)OC(=O)NCCCN1CCC2(CC1)c1ccccc1S(=O)c1ccccc12. The lowest BCUT2D eigenvalue weighted by molar-refractivity contribution is 0.0524. The predicted octanol–water partition coefficient (Wildman–Crippen LogP) is 4.46. The van der Waals surface area contributed by atoms with Crippen LogP contribution in [0.1, 0.15) is 51.2 Å². The van der Waals surface area contributed by atoms with Crippen molar-refractivity contribution in [3.8, 4) is 0 Å². The second-order valence-corrected chi connectivity index (χ2v) is 10.9. The van der Waals surface area contributed by atoms with E-state index in [1.54, 1.807) is 0 Å². The molecule has 0 saturated carbocycles. The average Bonchev–Trinajstić information content (AvgIpc) is 2.75. The number of alkyl carbamates (subject to hydrolysis) is 1. The van der Waals surface area contributed by atoms with Crippen molar-refractivity contribution in [2.45, 2.75) is 60.8 Å². The molecule has 1 fully saturated rings. The summed E-state index contributed by atoms with van der Waals surface area (Å²) in [5, 5.41) is 2.84. The topological polar surface area (TPSA) is 58.6 Å². The number of hydrogen-bond acceptors (Lipinski definition) is 4. The fourth-order valence-electron chi connectivity index (χ4n) is 4.82. The molecular weight excluding hydrogens is 408 g/mol. The molecule has 166 valence electrons. The summed E-state index contributed by atoms with van der Waals surface area (Å²) < 4.78 is 18.5. The van der Waals surface area contributed by atoms with E-state index in [1.807, 2.05) is 45.0 Å². The lowest BCUT2D eigenvalue weighted by Gasteiger charge is -2.46. The van der Waals surface area contributed by atoms with Crippen molar-refractivity contribution >= 4 is 16.9 Å². The van der Waals surface area contributed by atoms with Crippen LogP contribution in [0.5, 0.6) is 0 Å². The van der Waals surface area contributed by atoms with Crippen molar-refractivity contribution in [1.82, 2.24) is 10.2 Å². The molecule has 2 aromatic rings. The van der Waals surface area contributed by atoms with E-state index >= 15 is 0 Å². The average molecular weight is 441 g/mol. The van der Waals surface area contributed by atoms with Crippen LogP contribution in [0.2, 0.25) is 0 Å². The van der Waals surface area contributed by atoms with Crippen LogP contribution < -0.4 is 5.32 Å². The number of nitrogens with one attached hydrogen (secondary N) is 1. The summed E-state index contributed by atoms with van der Waals surface area (Å²) in [5.41, 5.74) is 1.94. The largest absolute Gasteiger partial charge is 0.444 e. The summed E-state index contributed by atoms with van der Waals surface area (Å²) >= 11 is 0. The molecule has 0 bridgehead atoms. The number of likely N-dealkylation sites (tertiary alicyclic amines) is 1. The number of amides is 1. The second-order valence-electron chi connectivity index (χ2n) is 9.47. The second kappa shape index (κ2) is 8.75. The molecule has 31 heavy (non-hydrogen) atoms. The number of carbonyl (C=O) groups is 1. The zero-order valence-corrected chi connectivity index (χ0v) is 19.5. The lowest BCUT2D eigenvalue weighted by Crippen LogP contribution is -2.46. The Labute approximate surface area is 187 Å². The molecule has 1 spiro atoms. The number of hydrogen-bond donors (Lipinski definition) is 1. The Morgan fingerprint density at radius 2 is 1.58 bits per heavy atom.